The predicted molar refractivity (Wildman–Crippen MR) is 53.8 cm³/mol. The monoisotopic (exact) mass is 220 g/mol. The van der Waals surface area contributed by atoms with Gasteiger partial charge in [0.25, 0.3) is 0 Å². The second kappa shape index (κ2) is 5.77. The van der Waals surface area contributed by atoms with Gasteiger partial charge in [0.1, 0.15) is 6.10 Å². The van der Waals surface area contributed by atoms with E-state index >= 15 is 0 Å². The molecule has 1 rings (SSSR count). The first-order valence-electron chi connectivity index (χ1n) is 4.96. The molecule has 3 unspecified atom stereocenters. The lowest BCUT2D eigenvalue weighted by atomic mass is 10.1. The Kier molecular flexibility index (Phi) is 4.95. The number of hydrogen-bond acceptors (Lipinski definition) is 5. The zero-order chi connectivity index (χ0) is 11.3. The van der Waals surface area contributed by atoms with E-state index in [4.69, 9.17) is 23.7 Å². The van der Waals surface area contributed by atoms with Gasteiger partial charge in [-0.2, -0.15) is 0 Å². The summed E-state index contributed by atoms with van der Waals surface area (Å²) in [5.41, 5.74) is 0. The summed E-state index contributed by atoms with van der Waals surface area (Å²) in [4.78, 5) is 0. The molecule has 0 aromatic rings. The maximum atomic E-state index is 5.65. The van der Waals surface area contributed by atoms with Crippen LogP contribution in [0.3, 0.4) is 0 Å². The van der Waals surface area contributed by atoms with Gasteiger partial charge < -0.3 is 23.7 Å². The van der Waals surface area contributed by atoms with Crippen LogP contribution >= 0.6 is 0 Å². The fourth-order valence-electron chi connectivity index (χ4n) is 1.84. The third-order valence-corrected chi connectivity index (χ3v) is 2.80. The third-order valence-electron chi connectivity index (χ3n) is 2.80. The van der Waals surface area contributed by atoms with Gasteiger partial charge in [0.15, 0.2) is 5.79 Å². The third kappa shape index (κ3) is 2.68. The van der Waals surface area contributed by atoms with Gasteiger partial charge in [-0.1, -0.05) is 0 Å². The van der Waals surface area contributed by atoms with Crippen molar-refractivity contribution in [3.8, 4) is 0 Å². The molecule has 0 saturated carbocycles. The number of hydrogen-bond donors (Lipinski definition) is 0. The molecule has 1 saturated heterocycles. The molecule has 0 amide bonds. The number of ether oxygens (including phenoxy) is 5. The van der Waals surface area contributed by atoms with Crippen molar-refractivity contribution < 1.29 is 23.7 Å². The van der Waals surface area contributed by atoms with Gasteiger partial charge in [-0.05, 0) is 0 Å². The molecule has 0 aromatic heterocycles. The SMILES string of the molecule is COCC(OC)C1(OC)CC(OC)CO1. The van der Waals surface area contributed by atoms with E-state index in [2.05, 4.69) is 0 Å². The molecule has 1 aliphatic rings. The second-order valence-electron chi connectivity index (χ2n) is 3.57. The summed E-state index contributed by atoms with van der Waals surface area (Å²) in [7, 11) is 6.52. The minimum absolute atomic E-state index is 0.0551. The summed E-state index contributed by atoms with van der Waals surface area (Å²) in [5, 5.41) is 0. The molecule has 90 valence electrons. The highest BCUT2D eigenvalue weighted by Gasteiger charge is 2.48. The zero-order valence-electron chi connectivity index (χ0n) is 9.82. The van der Waals surface area contributed by atoms with Crippen molar-refractivity contribution in [2.45, 2.75) is 24.4 Å². The van der Waals surface area contributed by atoms with E-state index in [0.717, 1.165) is 0 Å². The van der Waals surface area contributed by atoms with E-state index in [1.807, 2.05) is 0 Å². The maximum Gasteiger partial charge on any atom is 0.199 e. The van der Waals surface area contributed by atoms with E-state index in [-0.39, 0.29) is 12.2 Å². The lowest BCUT2D eigenvalue weighted by Gasteiger charge is -2.33. The van der Waals surface area contributed by atoms with Crippen LogP contribution in [0.25, 0.3) is 0 Å². The van der Waals surface area contributed by atoms with Gasteiger partial charge in [-0.25, -0.2) is 0 Å². The summed E-state index contributed by atoms with van der Waals surface area (Å²) in [5.74, 6) is -0.745. The summed E-state index contributed by atoms with van der Waals surface area (Å²) < 4.78 is 26.7. The summed E-state index contributed by atoms with van der Waals surface area (Å²) in [6.45, 7) is 0.953. The van der Waals surface area contributed by atoms with Gasteiger partial charge in [-0.3, -0.25) is 0 Å². The Hall–Kier alpha value is -0.200. The molecule has 0 radical (unpaired) electrons. The van der Waals surface area contributed by atoms with Gasteiger partial charge in [-0.15, -0.1) is 0 Å². The molecule has 0 aliphatic carbocycles. The predicted octanol–water partition coefficient (Wildman–Crippen LogP) is 0.426. The molecule has 15 heavy (non-hydrogen) atoms. The van der Waals surface area contributed by atoms with Crippen LogP contribution in [0.5, 0.6) is 0 Å². The van der Waals surface area contributed by atoms with Crippen LogP contribution in [0.15, 0.2) is 0 Å². The molecule has 3 atom stereocenters. The summed E-state index contributed by atoms with van der Waals surface area (Å²) >= 11 is 0. The summed E-state index contributed by atoms with van der Waals surface area (Å²) in [6, 6.07) is 0. The fourth-order valence-corrected chi connectivity index (χ4v) is 1.84. The van der Waals surface area contributed by atoms with Crippen LogP contribution in [-0.2, 0) is 23.7 Å². The van der Waals surface area contributed by atoms with Crippen LogP contribution in [-0.4, -0.2) is 59.6 Å². The lowest BCUT2D eigenvalue weighted by Crippen LogP contribution is -2.47. The topological polar surface area (TPSA) is 46.2 Å². The molecule has 0 bridgehead atoms. The first-order chi connectivity index (χ1) is 7.22. The highest BCUT2D eigenvalue weighted by Crippen LogP contribution is 2.32. The van der Waals surface area contributed by atoms with Crippen LogP contribution < -0.4 is 0 Å². The molecular weight excluding hydrogens is 200 g/mol. The minimum atomic E-state index is -0.745. The Bertz CT molecular complexity index is 187. The highest BCUT2D eigenvalue weighted by atomic mass is 16.7. The van der Waals surface area contributed by atoms with Crippen molar-refractivity contribution in [1.29, 1.82) is 0 Å². The van der Waals surface area contributed by atoms with Crippen LogP contribution in [0.1, 0.15) is 6.42 Å². The molecular formula is C10H20O5. The zero-order valence-corrected chi connectivity index (χ0v) is 9.82. The Morgan fingerprint density at radius 3 is 2.47 bits per heavy atom. The summed E-state index contributed by atoms with van der Waals surface area (Å²) in [6.07, 6.45) is 0.467. The molecule has 5 heteroatoms. The van der Waals surface area contributed by atoms with E-state index in [1.54, 1.807) is 28.4 Å². The lowest BCUT2D eigenvalue weighted by molar-refractivity contribution is -0.261. The van der Waals surface area contributed by atoms with E-state index < -0.39 is 5.79 Å². The van der Waals surface area contributed by atoms with Crippen molar-refractivity contribution in [2.24, 2.45) is 0 Å². The second-order valence-corrected chi connectivity index (χ2v) is 3.57. The molecule has 0 N–H and O–H groups in total. The van der Waals surface area contributed by atoms with Gasteiger partial charge >= 0.3 is 0 Å². The highest BCUT2D eigenvalue weighted by molar-refractivity contribution is 4.89. The first-order valence-corrected chi connectivity index (χ1v) is 4.96. The smallest absolute Gasteiger partial charge is 0.199 e. The Morgan fingerprint density at radius 2 is 2.07 bits per heavy atom. The van der Waals surface area contributed by atoms with E-state index in [1.165, 1.54) is 0 Å². The number of rotatable bonds is 6. The van der Waals surface area contributed by atoms with E-state index in [0.29, 0.717) is 19.6 Å². The van der Waals surface area contributed by atoms with Gasteiger partial charge in [0, 0.05) is 34.9 Å². The van der Waals surface area contributed by atoms with Crippen LogP contribution in [0.2, 0.25) is 0 Å². The molecule has 1 fully saturated rings. The number of methoxy groups -OCH3 is 4. The van der Waals surface area contributed by atoms with Crippen molar-refractivity contribution in [2.75, 3.05) is 41.7 Å². The quantitative estimate of drug-likeness (QED) is 0.649. The van der Waals surface area contributed by atoms with Crippen molar-refractivity contribution in [3.05, 3.63) is 0 Å². The standard InChI is InChI=1S/C10H20O5/c1-11-7-9(13-3)10(14-4)5-8(12-2)6-15-10/h8-9H,5-7H2,1-4H3. The van der Waals surface area contributed by atoms with Crippen molar-refractivity contribution >= 4 is 0 Å². The van der Waals surface area contributed by atoms with Crippen LogP contribution in [0, 0.1) is 0 Å². The largest absolute Gasteiger partial charge is 0.382 e. The first kappa shape index (κ1) is 12.9. The Labute approximate surface area is 90.6 Å². The van der Waals surface area contributed by atoms with Crippen molar-refractivity contribution in [3.63, 3.8) is 0 Å². The molecule has 0 aromatic carbocycles. The molecule has 5 nitrogen and oxygen atoms in total. The normalized spacial score (nSPS) is 33.2. The van der Waals surface area contributed by atoms with Gasteiger partial charge in [0.2, 0.25) is 0 Å². The molecule has 0 spiro atoms. The maximum absolute atomic E-state index is 5.65. The minimum Gasteiger partial charge on any atom is -0.382 e. The average molecular weight is 220 g/mol. The van der Waals surface area contributed by atoms with Crippen LogP contribution in [0.4, 0.5) is 0 Å². The Balaban J connectivity index is 2.66. The molecule has 1 heterocycles. The van der Waals surface area contributed by atoms with E-state index in [9.17, 15) is 0 Å². The van der Waals surface area contributed by atoms with Crippen molar-refractivity contribution in [1.82, 2.24) is 0 Å². The Morgan fingerprint density at radius 1 is 1.33 bits per heavy atom. The fraction of sp³-hybridized carbons (Fsp3) is 1.00. The molecule has 1 aliphatic heterocycles. The average Bonchev–Trinajstić information content (AvgIpc) is 2.70. The van der Waals surface area contributed by atoms with Gasteiger partial charge in [0.05, 0.1) is 19.3 Å².